The van der Waals surface area contributed by atoms with Crippen molar-refractivity contribution in [3.8, 4) is 0 Å². The van der Waals surface area contributed by atoms with E-state index in [9.17, 15) is 18.1 Å². The van der Waals surface area contributed by atoms with E-state index in [2.05, 4.69) is 6.92 Å². The van der Waals surface area contributed by atoms with Crippen LogP contribution in [-0.2, 0) is 10.1 Å². The zero-order valence-corrected chi connectivity index (χ0v) is 19.4. The topological polar surface area (TPSA) is 77.4 Å². The van der Waals surface area contributed by atoms with Crippen molar-refractivity contribution in [3.63, 3.8) is 0 Å². The molecule has 0 fully saturated rings. The van der Waals surface area contributed by atoms with Crippen molar-refractivity contribution in [2.75, 3.05) is 0 Å². The van der Waals surface area contributed by atoms with Crippen molar-refractivity contribution in [3.05, 3.63) is 0 Å². The Labute approximate surface area is 186 Å². The first-order valence-electron chi connectivity index (χ1n) is 9.04. The molecule has 0 rings (SSSR count). The van der Waals surface area contributed by atoms with Crippen LogP contribution in [0.2, 0.25) is 0 Å². The Balaban J connectivity index is 0. The van der Waals surface area contributed by atoms with E-state index in [-0.39, 0.29) is 57.5 Å². The van der Waals surface area contributed by atoms with Crippen molar-refractivity contribution in [1.29, 1.82) is 0 Å². The first kappa shape index (κ1) is 26.7. The summed E-state index contributed by atoms with van der Waals surface area (Å²) in [5.41, 5.74) is 0. The van der Waals surface area contributed by atoms with Gasteiger partial charge >= 0.3 is 51.4 Å². The maximum atomic E-state index is 10.9. The van der Waals surface area contributed by atoms with E-state index < -0.39 is 15.4 Å². The quantitative estimate of drug-likeness (QED) is 0.267. The molecule has 2 unspecified atom stereocenters. The van der Waals surface area contributed by atoms with Crippen LogP contribution in [-0.4, -0.2) is 29.4 Å². The summed E-state index contributed by atoms with van der Waals surface area (Å²) in [6, 6.07) is 0. The summed E-state index contributed by atoms with van der Waals surface area (Å²) in [7, 11) is -4.10. The molecule has 0 spiro atoms. The fraction of sp³-hybridized carbons (Fsp3) is 1.00. The van der Waals surface area contributed by atoms with Gasteiger partial charge in [-0.05, 0) is 25.7 Å². The summed E-state index contributed by atoms with van der Waals surface area (Å²) in [5.74, 6) is 0. The number of hydrogen-bond donors (Lipinski definition) is 1. The van der Waals surface area contributed by atoms with Gasteiger partial charge in [-0.3, -0.25) is 0 Å². The van der Waals surface area contributed by atoms with Crippen LogP contribution >= 0.6 is 0 Å². The molecule has 2 atom stereocenters. The Kier molecular flexibility index (Phi) is 19.7. The van der Waals surface area contributed by atoms with Gasteiger partial charge in [0.2, 0.25) is 0 Å². The van der Waals surface area contributed by atoms with Crippen molar-refractivity contribution in [2.45, 2.75) is 109 Å². The van der Waals surface area contributed by atoms with Crippen LogP contribution in [0, 0.1) is 0 Å². The first-order valence-corrected chi connectivity index (χ1v) is 10.5. The van der Waals surface area contributed by atoms with E-state index in [1.165, 1.54) is 25.7 Å². The second-order valence-corrected chi connectivity index (χ2v) is 8.02. The minimum Gasteiger partial charge on any atom is -0.748 e. The number of aliphatic hydroxyl groups excluding tert-OH is 1. The van der Waals surface area contributed by atoms with Crippen molar-refractivity contribution >= 4 is 10.1 Å². The summed E-state index contributed by atoms with van der Waals surface area (Å²) < 4.78 is 32.8. The van der Waals surface area contributed by atoms with Gasteiger partial charge in [0, 0.05) is 5.25 Å². The normalized spacial score (nSPS) is 14.3. The molecular formula is C17H35KO4S. The smallest absolute Gasteiger partial charge is 0.748 e. The first-order chi connectivity index (χ1) is 10.4. The second kappa shape index (κ2) is 16.9. The molecule has 0 aliphatic carbocycles. The standard InChI is InChI=1S/C17H36O4S.K/c1-3-13-16(18)14-11-9-7-5-6-8-10-12-15-17(4-2)22(19,20)21;/h16-18H,3-15H2,1-2H3,(H,19,20,21);/q;+1/p-1. The predicted octanol–water partition coefficient (Wildman–Crippen LogP) is 1.38. The van der Waals surface area contributed by atoms with Gasteiger partial charge in [-0.25, -0.2) is 8.42 Å². The zero-order valence-electron chi connectivity index (χ0n) is 15.4. The molecule has 1 N–H and O–H groups in total. The van der Waals surface area contributed by atoms with Gasteiger partial charge in [-0.2, -0.15) is 0 Å². The fourth-order valence-corrected chi connectivity index (χ4v) is 3.71. The third kappa shape index (κ3) is 16.7. The minimum atomic E-state index is -4.10. The van der Waals surface area contributed by atoms with Crippen LogP contribution in [0.4, 0.5) is 0 Å². The van der Waals surface area contributed by atoms with E-state index in [1.54, 1.807) is 6.92 Å². The molecule has 0 aliphatic rings. The average molecular weight is 375 g/mol. The zero-order chi connectivity index (χ0) is 16.8. The maximum Gasteiger partial charge on any atom is 1.00 e. The molecule has 0 aromatic heterocycles. The molecule has 0 aromatic rings. The predicted molar refractivity (Wildman–Crippen MR) is 90.9 cm³/mol. The summed E-state index contributed by atoms with van der Waals surface area (Å²) in [5, 5.41) is 8.91. The van der Waals surface area contributed by atoms with E-state index in [1.807, 2.05) is 0 Å². The van der Waals surface area contributed by atoms with Crippen molar-refractivity contribution in [2.24, 2.45) is 0 Å². The van der Waals surface area contributed by atoms with Crippen LogP contribution < -0.4 is 51.4 Å². The summed E-state index contributed by atoms with van der Waals surface area (Å²) in [6.45, 7) is 3.86. The van der Waals surface area contributed by atoms with Gasteiger partial charge in [0.05, 0.1) is 16.2 Å². The van der Waals surface area contributed by atoms with E-state index in [0.717, 1.165) is 44.9 Å². The molecular weight excluding hydrogens is 339 g/mol. The Morgan fingerprint density at radius 1 is 0.826 bits per heavy atom. The monoisotopic (exact) mass is 374 g/mol. The number of hydrogen-bond acceptors (Lipinski definition) is 4. The van der Waals surface area contributed by atoms with Crippen LogP contribution in [0.1, 0.15) is 97.3 Å². The molecule has 0 amide bonds. The summed E-state index contributed by atoms with van der Waals surface area (Å²) in [4.78, 5) is 0. The van der Waals surface area contributed by atoms with Gasteiger partial charge in [0.1, 0.15) is 0 Å². The molecule has 0 saturated carbocycles. The average Bonchev–Trinajstić information content (AvgIpc) is 2.43. The largest absolute Gasteiger partial charge is 1.00 e. The molecule has 0 aromatic carbocycles. The Morgan fingerprint density at radius 2 is 1.26 bits per heavy atom. The van der Waals surface area contributed by atoms with Crippen molar-refractivity contribution < 1.29 is 69.5 Å². The fourth-order valence-electron chi connectivity index (χ4n) is 2.84. The summed E-state index contributed by atoms with van der Waals surface area (Å²) in [6.07, 6.45) is 12.6. The third-order valence-electron chi connectivity index (χ3n) is 4.30. The Hall–Kier alpha value is 1.51. The molecule has 0 bridgehead atoms. The van der Waals surface area contributed by atoms with E-state index >= 15 is 0 Å². The molecule has 0 radical (unpaired) electrons. The SMILES string of the molecule is CCCC(O)CCCCCCCCCCC(CC)S(=O)(=O)[O-].[K+]. The number of aliphatic hydroxyl groups is 1. The van der Waals surface area contributed by atoms with Gasteiger partial charge in [0.25, 0.3) is 0 Å². The Bertz CT molecular complexity index is 347. The molecule has 134 valence electrons. The van der Waals surface area contributed by atoms with Gasteiger partial charge in [-0.15, -0.1) is 0 Å². The van der Waals surface area contributed by atoms with Gasteiger partial charge < -0.3 is 9.66 Å². The van der Waals surface area contributed by atoms with Crippen LogP contribution in [0.3, 0.4) is 0 Å². The van der Waals surface area contributed by atoms with E-state index in [0.29, 0.717) is 12.8 Å². The van der Waals surface area contributed by atoms with E-state index in [4.69, 9.17) is 0 Å². The molecule has 4 nitrogen and oxygen atoms in total. The number of unbranched alkanes of at least 4 members (excludes halogenated alkanes) is 7. The summed E-state index contributed by atoms with van der Waals surface area (Å²) >= 11 is 0. The minimum absolute atomic E-state index is 0. The third-order valence-corrected chi connectivity index (χ3v) is 5.68. The van der Waals surface area contributed by atoms with Crippen molar-refractivity contribution in [1.82, 2.24) is 0 Å². The molecule has 0 saturated heterocycles. The second-order valence-electron chi connectivity index (χ2n) is 6.37. The van der Waals surface area contributed by atoms with Crippen LogP contribution in [0.15, 0.2) is 0 Å². The molecule has 23 heavy (non-hydrogen) atoms. The van der Waals surface area contributed by atoms with Crippen LogP contribution in [0.5, 0.6) is 0 Å². The van der Waals surface area contributed by atoms with Crippen LogP contribution in [0.25, 0.3) is 0 Å². The molecule has 6 heteroatoms. The molecule has 0 heterocycles. The number of rotatable bonds is 15. The van der Waals surface area contributed by atoms with Gasteiger partial charge in [0.15, 0.2) is 0 Å². The van der Waals surface area contributed by atoms with Gasteiger partial charge in [-0.1, -0.05) is 71.6 Å². The maximum absolute atomic E-state index is 10.9. The molecule has 0 aliphatic heterocycles. The Morgan fingerprint density at radius 3 is 1.65 bits per heavy atom.